The van der Waals surface area contributed by atoms with E-state index in [0.29, 0.717) is 5.03 Å². The Morgan fingerprint density at radius 3 is 2.38 bits per heavy atom. The Morgan fingerprint density at radius 2 is 1.86 bits per heavy atom. The van der Waals surface area contributed by atoms with E-state index in [4.69, 9.17) is 5.11 Å². The van der Waals surface area contributed by atoms with Crippen molar-refractivity contribution in [3.05, 3.63) is 47.7 Å². The lowest BCUT2D eigenvalue weighted by Crippen LogP contribution is -2.19. The maximum absolute atomic E-state index is 11.3. The standard InChI is InChI=1S/C14H13N3O3S/c1-15-14(20)11-6-7-12(17-16-11)21-10-4-2-9(3-5-10)8-13(18)19/h2-7H,8H2,1H3,(H,15,20)(H,18,19). The van der Waals surface area contributed by atoms with Crippen molar-refractivity contribution in [2.75, 3.05) is 7.05 Å². The maximum Gasteiger partial charge on any atom is 0.307 e. The van der Waals surface area contributed by atoms with Gasteiger partial charge in [-0.05, 0) is 29.8 Å². The molecule has 2 rings (SSSR count). The number of nitrogens with zero attached hydrogens (tertiary/aromatic N) is 2. The Morgan fingerprint density at radius 1 is 1.14 bits per heavy atom. The molecule has 0 atom stereocenters. The monoisotopic (exact) mass is 303 g/mol. The van der Waals surface area contributed by atoms with Gasteiger partial charge in [-0.15, -0.1) is 10.2 Å². The summed E-state index contributed by atoms with van der Waals surface area (Å²) in [6.07, 6.45) is 0.00553. The van der Waals surface area contributed by atoms with Gasteiger partial charge in [0.1, 0.15) is 5.03 Å². The number of aromatic nitrogens is 2. The van der Waals surface area contributed by atoms with Crippen molar-refractivity contribution in [2.45, 2.75) is 16.3 Å². The normalized spacial score (nSPS) is 10.1. The number of aliphatic carboxylic acids is 1. The highest BCUT2D eigenvalue weighted by molar-refractivity contribution is 7.99. The van der Waals surface area contributed by atoms with E-state index in [-0.39, 0.29) is 18.0 Å². The first kappa shape index (κ1) is 15.0. The van der Waals surface area contributed by atoms with Crippen LogP contribution in [0.5, 0.6) is 0 Å². The van der Waals surface area contributed by atoms with E-state index in [2.05, 4.69) is 15.5 Å². The van der Waals surface area contributed by atoms with Crippen LogP contribution in [0, 0.1) is 0 Å². The third kappa shape index (κ3) is 4.28. The largest absolute Gasteiger partial charge is 0.481 e. The summed E-state index contributed by atoms with van der Waals surface area (Å²) in [7, 11) is 1.53. The summed E-state index contributed by atoms with van der Waals surface area (Å²) in [5.41, 5.74) is 1.01. The van der Waals surface area contributed by atoms with Crippen molar-refractivity contribution >= 4 is 23.6 Å². The molecule has 0 fully saturated rings. The topological polar surface area (TPSA) is 92.2 Å². The van der Waals surface area contributed by atoms with Gasteiger partial charge in [0.25, 0.3) is 5.91 Å². The molecule has 2 N–H and O–H groups in total. The highest BCUT2D eigenvalue weighted by Crippen LogP contribution is 2.25. The second kappa shape index (κ2) is 6.85. The number of hydrogen-bond donors (Lipinski definition) is 2. The molecule has 0 bridgehead atoms. The third-order valence-electron chi connectivity index (χ3n) is 2.60. The Balaban J connectivity index is 2.04. The molecule has 0 radical (unpaired) electrons. The number of nitrogens with one attached hydrogen (secondary N) is 1. The van der Waals surface area contributed by atoms with Crippen LogP contribution in [0.2, 0.25) is 0 Å². The minimum Gasteiger partial charge on any atom is -0.481 e. The molecule has 1 amide bonds. The minimum atomic E-state index is -0.856. The molecule has 0 aliphatic carbocycles. The summed E-state index contributed by atoms with van der Waals surface area (Å²) in [5, 5.41) is 19.7. The molecule has 21 heavy (non-hydrogen) atoms. The van der Waals surface area contributed by atoms with E-state index < -0.39 is 5.97 Å². The van der Waals surface area contributed by atoms with Crippen LogP contribution in [0.3, 0.4) is 0 Å². The smallest absolute Gasteiger partial charge is 0.307 e. The fourth-order valence-corrected chi connectivity index (χ4v) is 2.33. The zero-order valence-electron chi connectivity index (χ0n) is 11.2. The number of carbonyl (C=O) groups is 2. The van der Waals surface area contributed by atoms with Crippen LogP contribution in [0.1, 0.15) is 16.1 Å². The average molecular weight is 303 g/mol. The van der Waals surface area contributed by atoms with Gasteiger partial charge in [0, 0.05) is 11.9 Å². The number of carboxylic acids is 1. The molecule has 1 aromatic carbocycles. The van der Waals surface area contributed by atoms with Crippen LogP contribution >= 0.6 is 11.8 Å². The van der Waals surface area contributed by atoms with Gasteiger partial charge < -0.3 is 10.4 Å². The number of hydrogen-bond acceptors (Lipinski definition) is 5. The zero-order valence-corrected chi connectivity index (χ0v) is 12.1. The van der Waals surface area contributed by atoms with Crippen LogP contribution in [-0.2, 0) is 11.2 Å². The van der Waals surface area contributed by atoms with Gasteiger partial charge in [0.2, 0.25) is 0 Å². The van der Waals surface area contributed by atoms with Crippen molar-refractivity contribution in [3.8, 4) is 0 Å². The highest BCUT2D eigenvalue weighted by atomic mass is 32.2. The summed E-state index contributed by atoms with van der Waals surface area (Å²) >= 11 is 1.39. The van der Waals surface area contributed by atoms with Gasteiger partial charge in [-0.2, -0.15) is 0 Å². The van der Waals surface area contributed by atoms with Crippen molar-refractivity contribution in [2.24, 2.45) is 0 Å². The van der Waals surface area contributed by atoms with Crippen molar-refractivity contribution in [1.29, 1.82) is 0 Å². The second-order valence-corrected chi connectivity index (χ2v) is 5.25. The van der Waals surface area contributed by atoms with E-state index in [9.17, 15) is 9.59 Å². The fraction of sp³-hybridized carbons (Fsp3) is 0.143. The minimum absolute atomic E-state index is 0.00553. The van der Waals surface area contributed by atoms with Crippen molar-refractivity contribution < 1.29 is 14.7 Å². The summed E-state index contributed by atoms with van der Waals surface area (Å²) in [6.45, 7) is 0. The molecule has 1 heterocycles. The molecule has 0 saturated carbocycles. The molecule has 108 valence electrons. The number of amides is 1. The average Bonchev–Trinajstić information content (AvgIpc) is 2.49. The van der Waals surface area contributed by atoms with E-state index in [1.54, 1.807) is 24.3 Å². The molecule has 0 unspecified atom stereocenters. The molecule has 7 heteroatoms. The third-order valence-corrected chi connectivity index (χ3v) is 3.54. The van der Waals surface area contributed by atoms with E-state index >= 15 is 0 Å². The summed E-state index contributed by atoms with van der Waals surface area (Å²) in [5.74, 6) is -1.14. The maximum atomic E-state index is 11.3. The van der Waals surface area contributed by atoms with E-state index in [1.807, 2.05) is 12.1 Å². The predicted octanol–water partition coefficient (Wildman–Crippen LogP) is 1.61. The lowest BCUT2D eigenvalue weighted by atomic mass is 10.2. The Bertz CT molecular complexity index is 642. The number of rotatable bonds is 5. The summed E-state index contributed by atoms with van der Waals surface area (Å²) in [4.78, 5) is 22.9. The molecule has 0 aliphatic heterocycles. The molecular formula is C14H13N3O3S. The lowest BCUT2D eigenvalue weighted by Gasteiger charge is -2.03. The number of benzene rings is 1. The van der Waals surface area contributed by atoms with E-state index in [1.165, 1.54) is 18.8 Å². The Labute approximate surface area is 125 Å². The Hall–Kier alpha value is -2.41. The molecule has 0 spiro atoms. The van der Waals surface area contributed by atoms with Gasteiger partial charge in [-0.25, -0.2) is 0 Å². The van der Waals surface area contributed by atoms with Crippen molar-refractivity contribution in [3.63, 3.8) is 0 Å². The molecule has 0 aliphatic rings. The quantitative estimate of drug-likeness (QED) is 0.872. The van der Waals surface area contributed by atoms with Gasteiger partial charge >= 0.3 is 5.97 Å². The molecule has 0 saturated heterocycles. The zero-order chi connectivity index (χ0) is 15.2. The number of carboxylic acid groups (broad SMARTS) is 1. The fourth-order valence-electron chi connectivity index (χ4n) is 1.59. The first-order valence-corrected chi connectivity index (χ1v) is 6.94. The van der Waals surface area contributed by atoms with Gasteiger partial charge in [-0.1, -0.05) is 23.9 Å². The summed E-state index contributed by atoms with van der Waals surface area (Å²) in [6, 6.07) is 10.5. The first-order chi connectivity index (χ1) is 10.1. The van der Waals surface area contributed by atoms with Crippen LogP contribution in [0.4, 0.5) is 0 Å². The van der Waals surface area contributed by atoms with Crippen LogP contribution < -0.4 is 5.32 Å². The molecular weight excluding hydrogens is 290 g/mol. The van der Waals surface area contributed by atoms with Crippen LogP contribution in [0.15, 0.2) is 46.3 Å². The highest BCUT2D eigenvalue weighted by Gasteiger charge is 2.07. The Kier molecular flexibility index (Phi) is 4.89. The second-order valence-electron chi connectivity index (χ2n) is 4.15. The van der Waals surface area contributed by atoms with Crippen LogP contribution in [0.25, 0.3) is 0 Å². The molecule has 6 nitrogen and oxygen atoms in total. The lowest BCUT2D eigenvalue weighted by molar-refractivity contribution is -0.136. The van der Waals surface area contributed by atoms with Gasteiger partial charge in [0.05, 0.1) is 6.42 Å². The predicted molar refractivity (Wildman–Crippen MR) is 77.3 cm³/mol. The van der Waals surface area contributed by atoms with E-state index in [0.717, 1.165) is 10.5 Å². The SMILES string of the molecule is CNC(=O)c1ccc(Sc2ccc(CC(=O)O)cc2)nn1. The van der Waals surface area contributed by atoms with Crippen LogP contribution in [-0.4, -0.2) is 34.2 Å². The van der Waals surface area contributed by atoms with Gasteiger partial charge in [0.15, 0.2) is 5.69 Å². The summed E-state index contributed by atoms with van der Waals surface area (Å²) < 4.78 is 0. The first-order valence-electron chi connectivity index (χ1n) is 6.13. The van der Waals surface area contributed by atoms with Gasteiger partial charge in [-0.3, -0.25) is 9.59 Å². The molecule has 1 aromatic heterocycles. The van der Waals surface area contributed by atoms with Crippen molar-refractivity contribution in [1.82, 2.24) is 15.5 Å². The number of carbonyl (C=O) groups excluding carboxylic acids is 1. The molecule has 2 aromatic rings.